The van der Waals surface area contributed by atoms with E-state index in [0.29, 0.717) is 11.3 Å². The van der Waals surface area contributed by atoms with E-state index >= 15 is 0 Å². The number of hydrogen-bond acceptors (Lipinski definition) is 2. The van der Waals surface area contributed by atoms with Crippen molar-refractivity contribution in [2.24, 2.45) is 0 Å². The van der Waals surface area contributed by atoms with Gasteiger partial charge < -0.3 is 10.1 Å². The molecule has 0 saturated carbocycles. The molecule has 0 fully saturated rings. The molecule has 0 heterocycles. The molecule has 0 unspecified atom stereocenters. The molecule has 120 valence electrons. The number of amides is 1. The summed E-state index contributed by atoms with van der Waals surface area (Å²) >= 11 is 0. The summed E-state index contributed by atoms with van der Waals surface area (Å²) in [4.78, 5) is 11.7. The zero-order chi connectivity index (χ0) is 16.9. The van der Waals surface area contributed by atoms with Crippen molar-refractivity contribution in [1.29, 1.82) is 0 Å². The summed E-state index contributed by atoms with van der Waals surface area (Å²) in [5, 5.41) is 2.46. The monoisotopic (exact) mass is 325 g/mol. The predicted molar refractivity (Wildman–Crippen MR) is 77.2 cm³/mol. The molecule has 0 bridgehead atoms. The number of carbonyl (C=O) groups is 1. The van der Waals surface area contributed by atoms with Gasteiger partial charge in [-0.15, -0.1) is 13.2 Å². The Balaban J connectivity index is 1.95. The SMILES string of the molecule is O=C(/C=C/c1cccc(F)c1)Nc1ccc(OC(F)(F)F)cc1. The van der Waals surface area contributed by atoms with Crippen LogP contribution >= 0.6 is 0 Å². The highest BCUT2D eigenvalue weighted by Gasteiger charge is 2.30. The standard InChI is InChI=1S/C16H11F4NO2/c17-12-3-1-2-11(10-12)4-9-15(22)21-13-5-7-14(8-6-13)23-16(18,19)20/h1-10H,(H,21,22)/b9-4+. The molecule has 2 aromatic rings. The maximum absolute atomic E-state index is 13.0. The average Bonchev–Trinajstić information content (AvgIpc) is 2.46. The second-order valence-electron chi connectivity index (χ2n) is 4.45. The highest BCUT2D eigenvalue weighted by Crippen LogP contribution is 2.23. The van der Waals surface area contributed by atoms with Crippen LogP contribution < -0.4 is 10.1 Å². The highest BCUT2D eigenvalue weighted by molar-refractivity contribution is 6.01. The second kappa shape index (κ2) is 6.95. The van der Waals surface area contributed by atoms with Crippen LogP contribution in [-0.4, -0.2) is 12.3 Å². The first-order valence-corrected chi connectivity index (χ1v) is 6.42. The van der Waals surface area contributed by atoms with E-state index < -0.39 is 18.1 Å². The molecule has 0 radical (unpaired) electrons. The largest absolute Gasteiger partial charge is 0.573 e. The van der Waals surface area contributed by atoms with Crippen molar-refractivity contribution in [2.75, 3.05) is 5.32 Å². The van der Waals surface area contributed by atoms with Gasteiger partial charge in [0, 0.05) is 11.8 Å². The van der Waals surface area contributed by atoms with Crippen molar-refractivity contribution >= 4 is 17.7 Å². The van der Waals surface area contributed by atoms with Gasteiger partial charge in [-0.2, -0.15) is 0 Å². The molecular formula is C16H11F4NO2. The molecule has 0 atom stereocenters. The van der Waals surface area contributed by atoms with E-state index in [4.69, 9.17) is 0 Å². The van der Waals surface area contributed by atoms with Crippen LogP contribution in [0.2, 0.25) is 0 Å². The first-order valence-electron chi connectivity index (χ1n) is 6.42. The summed E-state index contributed by atoms with van der Waals surface area (Å²) in [5.74, 6) is -1.31. The van der Waals surface area contributed by atoms with E-state index in [9.17, 15) is 22.4 Å². The Labute approximate surface area is 129 Å². The van der Waals surface area contributed by atoms with Crippen LogP contribution in [0.5, 0.6) is 5.75 Å². The van der Waals surface area contributed by atoms with Crippen molar-refractivity contribution in [3.8, 4) is 5.75 Å². The third-order valence-corrected chi connectivity index (χ3v) is 2.63. The van der Waals surface area contributed by atoms with Gasteiger partial charge in [-0.3, -0.25) is 4.79 Å². The van der Waals surface area contributed by atoms with Crippen molar-refractivity contribution in [3.05, 3.63) is 66.0 Å². The number of rotatable bonds is 4. The normalized spacial score (nSPS) is 11.5. The molecule has 0 aliphatic heterocycles. The van der Waals surface area contributed by atoms with Crippen molar-refractivity contribution in [1.82, 2.24) is 0 Å². The number of alkyl halides is 3. The van der Waals surface area contributed by atoms with Crippen LogP contribution in [0.25, 0.3) is 6.08 Å². The lowest BCUT2D eigenvalue weighted by Gasteiger charge is -2.09. The minimum atomic E-state index is -4.77. The molecule has 0 aromatic heterocycles. The lowest BCUT2D eigenvalue weighted by atomic mass is 10.2. The molecule has 0 aliphatic carbocycles. The Morgan fingerprint density at radius 3 is 2.39 bits per heavy atom. The van der Waals surface area contributed by atoms with Crippen LogP contribution in [-0.2, 0) is 4.79 Å². The Kier molecular flexibility index (Phi) is 5.00. The summed E-state index contributed by atoms with van der Waals surface area (Å²) in [5.41, 5.74) is 0.808. The van der Waals surface area contributed by atoms with E-state index in [1.54, 1.807) is 6.07 Å². The molecule has 1 N–H and O–H groups in total. The van der Waals surface area contributed by atoms with Gasteiger partial charge in [-0.1, -0.05) is 12.1 Å². The molecule has 0 saturated heterocycles. The van der Waals surface area contributed by atoms with Crippen molar-refractivity contribution in [2.45, 2.75) is 6.36 Å². The molecule has 23 heavy (non-hydrogen) atoms. The molecule has 7 heteroatoms. The highest BCUT2D eigenvalue weighted by atomic mass is 19.4. The minimum Gasteiger partial charge on any atom is -0.406 e. The van der Waals surface area contributed by atoms with E-state index in [1.165, 1.54) is 42.5 Å². The quantitative estimate of drug-likeness (QED) is 0.669. The maximum atomic E-state index is 13.0. The fourth-order valence-corrected chi connectivity index (χ4v) is 1.71. The van der Waals surface area contributed by atoms with Gasteiger partial charge in [0.25, 0.3) is 0 Å². The topological polar surface area (TPSA) is 38.3 Å². The van der Waals surface area contributed by atoms with Crippen molar-refractivity contribution < 1.29 is 27.1 Å². The molecule has 2 rings (SSSR count). The molecule has 0 spiro atoms. The lowest BCUT2D eigenvalue weighted by molar-refractivity contribution is -0.274. The lowest BCUT2D eigenvalue weighted by Crippen LogP contribution is -2.17. The van der Waals surface area contributed by atoms with Gasteiger partial charge in [-0.05, 0) is 48.0 Å². The first-order chi connectivity index (χ1) is 10.8. The summed E-state index contributed by atoms with van der Waals surface area (Å²) < 4.78 is 52.7. The maximum Gasteiger partial charge on any atom is 0.573 e. The Bertz CT molecular complexity index is 709. The number of halogens is 4. The summed E-state index contributed by atoms with van der Waals surface area (Å²) in [6.07, 6.45) is -2.16. The number of hydrogen-bond donors (Lipinski definition) is 1. The van der Waals surface area contributed by atoms with Gasteiger partial charge in [0.1, 0.15) is 11.6 Å². The Morgan fingerprint density at radius 1 is 1.09 bits per heavy atom. The van der Waals surface area contributed by atoms with Crippen LogP contribution in [0.1, 0.15) is 5.56 Å². The third kappa shape index (κ3) is 5.82. The van der Waals surface area contributed by atoms with Crippen molar-refractivity contribution in [3.63, 3.8) is 0 Å². The number of benzene rings is 2. The fourth-order valence-electron chi connectivity index (χ4n) is 1.71. The van der Waals surface area contributed by atoms with Gasteiger partial charge in [-0.25, -0.2) is 4.39 Å². The number of ether oxygens (including phenoxy) is 1. The molecule has 3 nitrogen and oxygen atoms in total. The summed E-state index contributed by atoms with van der Waals surface area (Å²) in [6.45, 7) is 0. The molecule has 2 aromatic carbocycles. The third-order valence-electron chi connectivity index (χ3n) is 2.63. The van der Waals surface area contributed by atoms with E-state index in [2.05, 4.69) is 10.1 Å². The zero-order valence-corrected chi connectivity index (χ0v) is 11.6. The van der Waals surface area contributed by atoms with Gasteiger partial charge in [0.2, 0.25) is 5.91 Å². The zero-order valence-electron chi connectivity index (χ0n) is 11.6. The van der Waals surface area contributed by atoms with Gasteiger partial charge in [0.15, 0.2) is 0 Å². The van der Waals surface area contributed by atoms with Crippen LogP contribution in [0.3, 0.4) is 0 Å². The predicted octanol–water partition coefficient (Wildman–Crippen LogP) is 4.38. The molecular weight excluding hydrogens is 314 g/mol. The average molecular weight is 325 g/mol. The smallest absolute Gasteiger partial charge is 0.406 e. The fraction of sp³-hybridized carbons (Fsp3) is 0.0625. The van der Waals surface area contributed by atoms with Gasteiger partial charge in [0.05, 0.1) is 0 Å². The van der Waals surface area contributed by atoms with Crippen LogP contribution in [0.15, 0.2) is 54.6 Å². The minimum absolute atomic E-state index is 0.299. The Hall–Kier alpha value is -2.83. The molecule has 0 aliphatic rings. The number of nitrogens with one attached hydrogen (secondary N) is 1. The van der Waals surface area contributed by atoms with Crippen LogP contribution in [0, 0.1) is 5.82 Å². The van der Waals surface area contributed by atoms with E-state index in [1.807, 2.05) is 0 Å². The summed E-state index contributed by atoms with van der Waals surface area (Å²) in [6, 6.07) is 10.4. The first kappa shape index (κ1) is 16.5. The molecule has 1 amide bonds. The Morgan fingerprint density at radius 2 is 1.78 bits per heavy atom. The van der Waals surface area contributed by atoms with E-state index in [0.717, 1.165) is 12.1 Å². The summed E-state index contributed by atoms with van der Waals surface area (Å²) in [7, 11) is 0. The van der Waals surface area contributed by atoms with Crippen LogP contribution in [0.4, 0.5) is 23.2 Å². The van der Waals surface area contributed by atoms with E-state index in [-0.39, 0.29) is 5.75 Å². The number of carbonyl (C=O) groups excluding carboxylic acids is 1. The van der Waals surface area contributed by atoms with Gasteiger partial charge >= 0.3 is 6.36 Å². The number of anilines is 1. The second-order valence-corrected chi connectivity index (χ2v) is 4.45.